The number of carbonyl (C=O) groups excluding carboxylic acids is 1. The van der Waals surface area contributed by atoms with E-state index in [1.807, 2.05) is 11.0 Å². The second-order valence-corrected chi connectivity index (χ2v) is 11.1. The van der Waals surface area contributed by atoms with Gasteiger partial charge in [-0.05, 0) is 42.0 Å². The molecule has 2 atom stereocenters. The molecule has 0 aliphatic carbocycles. The fourth-order valence-corrected chi connectivity index (χ4v) is 6.35. The summed E-state index contributed by atoms with van der Waals surface area (Å²) in [6, 6.07) is 14.9. The molecule has 0 spiro atoms. The van der Waals surface area contributed by atoms with Gasteiger partial charge in [0.05, 0.1) is 18.9 Å². The lowest BCUT2D eigenvalue weighted by Gasteiger charge is -2.35. The highest BCUT2D eigenvalue weighted by atomic mass is 32.2. The molecule has 1 amide bonds. The van der Waals surface area contributed by atoms with E-state index < -0.39 is 17.2 Å². The molecule has 6 rings (SSSR count). The molecule has 4 heterocycles. The van der Waals surface area contributed by atoms with Crippen molar-refractivity contribution in [2.75, 3.05) is 30.3 Å². The fraction of sp³-hybridized carbons (Fsp3) is 0.188. The van der Waals surface area contributed by atoms with Crippen molar-refractivity contribution in [2.45, 2.75) is 5.54 Å². The van der Waals surface area contributed by atoms with Gasteiger partial charge in [0.2, 0.25) is 11.8 Å². The Kier molecular flexibility index (Phi) is 8.29. The zero-order chi connectivity index (χ0) is 30.5. The standard InChI is InChI=1S/C32H25F2N7O2S/c1-2-13-43-28-17-37-27(16-38-28)26(34)15-21-9-10-25(33)24(14-21)32-20-41(30-35-11-6-12-36-30)18-23(32)19-44-31(40-32)39-29(42)22-7-4-3-5-8-22/h1,3-12,14-17,23H,13,18-20H2,(H,39,40,42)/b26-15-/t23-,32-/m0/s1. The molecule has 12 heteroatoms. The minimum Gasteiger partial charge on any atom is -0.463 e. The van der Waals surface area contributed by atoms with Crippen LogP contribution in [0.25, 0.3) is 11.9 Å². The van der Waals surface area contributed by atoms with E-state index in [1.54, 1.807) is 48.8 Å². The van der Waals surface area contributed by atoms with Crippen LogP contribution < -0.4 is 15.0 Å². The number of ether oxygens (including phenoxy) is 1. The summed E-state index contributed by atoms with van der Waals surface area (Å²) in [5, 5.41) is 3.27. The molecule has 1 N–H and O–H groups in total. The van der Waals surface area contributed by atoms with Gasteiger partial charge in [0.25, 0.3) is 5.91 Å². The highest BCUT2D eigenvalue weighted by molar-refractivity contribution is 8.13. The third-order valence-electron chi connectivity index (χ3n) is 7.29. The van der Waals surface area contributed by atoms with Crippen LogP contribution in [0.5, 0.6) is 5.88 Å². The third kappa shape index (κ3) is 6.00. The Hall–Kier alpha value is -5.15. The molecule has 0 bridgehead atoms. The molecular weight excluding hydrogens is 584 g/mol. The molecule has 44 heavy (non-hydrogen) atoms. The lowest BCUT2D eigenvalue weighted by Crippen LogP contribution is -2.43. The summed E-state index contributed by atoms with van der Waals surface area (Å²) in [5.74, 6) is 1.89. The van der Waals surface area contributed by atoms with Gasteiger partial charge >= 0.3 is 0 Å². The summed E-state index contributed by atoms with van der Waals surface area (Å²) >= 11 is 1.40. The number of rotatable bonds is 7. The average molecular weight is 610 g/mol. The lowest BCUT2D eigenvalue weighted by atomic mass is 9.81. The number of hydrogen-bond donors (Lipinski definition) is 1. The molecular formula is C32H25F2N7O2S. The number of amides is 1. The monoisotopic (exact) mass is 609 g/mol. The third-order valence-corrected chi connectivity index (χ3v) is 8.32. The van der Waals surface area contributed by atoms with E-state index in [-0.39, 0.29) is 42.1 Å². The van der Waals surface area contributed by atoms with E-state index in [0.717, 1.165) is 0 Å². The number of nitrogens with one attached hydrogen (secondary N) is 1. The number of terminal acetylenes is 1. The molecule has 0 saturated carbocycles. The first-order valence-electron chi connectivity index (χ1n) is 13.6. The van der Waals surface area contributed by atoms with Gasteiger partial charge in [-0.25, -0.2) is 33.7 Å². The maximum absolute atomic E-state index is 15.8. The topological polar surface area (TPSA) is 105 Å². The molecule has 2 aromatic carbocycles. The molecule has 0 unspecified atom stereocenters. The van der Waals surface area contributed by atoms with E-state index >= 15 is 8.78 Å². The van der Waals surface area contributed by atoms with E-state index in [1.165, 1.54) is 42.4 Å². The number of amidine groups is 1. The van der Waals surface area contributed by atoms with E-state index in [9.17, 15) is 4.79 Å². The summed E-state index contributed by atoms with van der Waals surface area (Å²) in [7, 11) is 0. The summed E-state index contributed by atoms with van der Waals surface area (Å²) in [6.07, 6.45) is 12.2. The van der Waals surface area contributed by atoms with Gasteiger partial charge in [-0.15, -0.1) is 6.42 Å². The molecule has 2 aliphatic rings. The van der Waals surface area contributed by atoms with Gasteiger partial charge in [-0.2, -0.15) is 0 Å². The summed E-state index contributed by atoms with van der Waals surface area (Å²) < 4.78 is 36.3. The predicted octanol–water partition coefficient (Wildman–Crippen LogP) is 4.75. The molecule has 2 aliphatic heterocycles. The van der Waals surface area contributed by atoms with Crippen molar-refractivity contribution in [3.63, 3.8) is 0 Å². The summed E-state index contributed by atoms with van der Waals surface area (Å²) in [5.41, 5.74) is 0.0262. The van der Waals surface area contributed by atoms with Gasteiger partial charge in [-0.3, -0.25) is 4.79 Å². The Morgan fingerprint density at radius 3 is 2.70 bits per heavy atom. The molecule has 2 aromatic heterocycles. The number of thioether (sulfide) groups is 1. The Bertz CT molecular complexity index is 1770. The van der Waals surface area contributed by atoms with Gasteiger partial charge < -0.3 is 15.0 Å². The van der Waals surface area contributed by atoms with Crippen LogP contribution in [0.3, 0.4) is 0 Å². The van der Waals surface area contributed by atoms with Crippen molar-refractivity contribution in [3.8, 4) is 18.2 Å². The second-order valence-electron chi connectivity index (χ2n) is 10.1. The van der Waals surface area contributed by atoms with E-state index in [4.69, 9.17) is 16.2 Å². The van der Waals surface area contributed by atoms with Gasteiger partial charge in [0, 0.05) is 41.7 Å². The predicted molar refractivity (Wildman–Crippen MR) is 165 cm³/mol. The summed E-state index contributed by atoms with van der Waals surface area (Å²) in [6.45, 7) is 0.780. The SMILES string of the molecule is C#CCOc1cnc(/C(F)=C/c2ccc(F)c([C@]34CN(c5ncccn5)C[C@H]3CSC(NC(=O)c3ccccc3)=N4)c2)cn1. The number of benzene rings is 2. The number of fused-ring (bicyclic) bond motifs is 1. The number of halogens is 2. The highest BCUT2D eigenvalue weighted by Crippen LogP contribution is 2.47. The zero-order valence-corrected chi connectivity index (χ0v) is 24.0. The minimum absolute atomic E-state index is 0.0138. The second kappa shape index (κ2) is 12.6. The van der Waals surface area contributed by atoms with Crippen LogP contribution in [0.4, 0.5) is 14.7 Å². The number of nitrogens with zero attached hydrogens (tertiary/aromatic N) is 6. The van der Waals surface area contributed by atoms with Crippen LogP contribution in [-0.2, 0) is 5.54 Å². The lowest BCUT2D eigenvalue weighted by molar-refractivity contribution is 0.0977. The molecule has 4 aromatic rings. The molecule has 1 saturated heterocycles. The molecule has 220 valence electrons. The van der Waals surface area contributed by atoms with Gasteiger partial charge in [0.15, 0.2) is 17.6 Å². The maximum Gasteiger partial charge on any atom is 0.257 e. The van der Waals surface area contributed by atoms with Crippen LogP contribution in [0.2, 0.25) is 0 Å². The summed E-state index contributed by atoms with van der Waals surface area (Å²) in [4.78, 5) is 36.8. The van der Waals surface area contributed by atoms with Crippen molar-refractivity contribution in [2.24, 2.45) is 10.9 Å². The Morgan fingerprint density at radius 1 is 1.14 bits per heavy atom. The van der Waals surface area contributed by atoms with Crippen molar-refractivity contribution >= 4 is 40.7 Å². The first-order valence-corrected chi connectivity index (χ1v) is 14.6. The van der Waals surface area contributed by atoms with Crippen LogP contribution in [0.15, 0.2) is 84.4 Å². The molecule has 1 fully saturated rings. The van der Waals surface area contributed by atoms with Crippen molar-refractivity contribution in [1.82, 2.24) is 25.3 Å². The van der Waals surface area contributed by atoms with Crippen LogP contribution in [-0.4, -0.2) is 56.5 Å². The fourth-order valence-electron chi connectivity index (χ4n) is 5.22. The molecule has 9 nitrogen and oxygen atoms in total. The zero-order valence-electron chi connectivity index (χ0n) is 23.2. The van der Waals surface area contributed by atoms with Crippen LogP contribution in [0.1, 0.15) is 27.2 Å². The van der Waals surface area contributed by atoms with Crippen molar-refractivity contribution in [1.29, 1.82) is 0 Å². The Labute approximate surface area is 256 Å². The van der Waals surface area contributed by atoms with E-state index in [2.05, 4.69) is 31.2 Å². The Morgan fingerprint density at radius 2 is 1.95 bits per heavy atom. The van der Waals surface area contributed by atoms with Crippen LogP contribution in [0, 0.1) is 24.1 Å². The van der Waals surface area contributed by atoms with Gasteiger partial charge in [0.1, 0.15) is 17.1 Å². The highest BCUT2D eigenvalue weighted by Gasteiger charge is 2.52. The quantitative estimate of drug-likeness (QED) is 0.300. The molecule has 0 radical (unpaired) electrons. The smallest absolute Gasteiger partial charge is 0.257 e. The van der Waals surface area contributed by atoms with Crippen molar-refractivity contribution < 1.29 is 18.3 Å². The first-order chi connectivity index (χ1) is 21.4. The number of anilines is 1. The number of hydrogen-bond acceptors (Lipinski definition) is 9. The van der Waals surface area contributed by atoms with E-state index in [0.29, 0.717) is 34.5 Å². The minimum atomic E-state index is -1.11. The first kappa shape index (κ1) is 28.9. The van der Waals surface area contributed by atoms with Crippen LogP contribution >= 0.6 is 11.8 Å². The number of carbonyl (C=O) groups is 1. The number of aromatic nitrogens is 4. The normalized spacial score (nSPS) is 19.5. The number of aliphatic imine (C=N–C) groups is 1. The van der Waals surface area contributed by atoms with Crippen molar-refractivity contribution in [3.05, 3.63) is 108 Å². The van der Waals surface area contributed by atoms with Gasteiger partial charge in [-0.1, -0.05) is 41.9 Å². The Balaban J connectivity index is 1.36. The average Bonchev–Trinajstić information content (AvgIpc) is 3.46. The maximum atomic E-state index is 15.8. The largest absolute Gasteiger partial charge is 0.463 e.